The summed E-state index contributed by atoms with van der Waals surface area (Å²) in [6.07, 6.45) is 0. The molecule has 0 aliphatic heterocycles. The molecule has 0 fully saturated rings. The molecule has 4 heteroatoms. The summed E-state index contributed by atoms with van der Waals surface area (Å²) in [5.74, 6) is 0.317. The van der Waals surface area contributed by atoms with Gasteiger partial charge in [-0.1, -0.05) is 41.9 Å². The van der Waals surface area contributed by atoms with Crippen molar-refractivity contribution in [3.05, 3.63) is 59.1 Å². The van der Waals surface area contributed by atoms with E-state index in [1.165, 1.54) is 11.8 Å². The molecule has 0 saturated heterocycles. The Labute approximate surface area is 122 Å². The van der Waals surface area contributed by atoms with Gasteiger partial charge in [0, 0.05) is 10.6 Å². The molecule has 19 heavy (non-hydrogen) atoms. The molecule has 0 radical (unpaired) electrons. The molecular formula is C15H14ClNOS. The van der Waals surface area contributed by atoms with Crippen molar-refractivity contribution in [2.75, 3.05) is 11.1 Å². The number of hydrogen-bond donors (Lipinski definition) is 1. The maximum atomic E-state index is 11.9. The second kappa shape index (κ2) is 6.64. The highest BCUT2D eigenvalue weighted by molar-refractivity contribution is 8.00. The lowest BCUT2D eigenvalue weighted by Crippen LogP contribution is -2.14. The van der Waals surface area contributed by atoms with Crippen molar-refractivity contribution < 1.29 is 4.79 Å². The van der Waals surface area contributed by atoms with Crippen molar-refractivity contribution in [1.82, 2.24) is 0 Å². The topological polar surface area (TPSA) is 29.1 Å². The molecule has 2 nitrogen and oxygen atoms in total. The van der Waals surface area contributed by atoms with E-state index in [1.54, 1.807) is 0 Å². The molecule has 0 unspecified atom stereocenters. The number of halogens is 1. The Hall–Kier alpha value is -1.45. The predicted molar refractivity (Wildman–Crippen MR) is 82.0 cm³/mol. The molecule has 2 rings (SSSR count). The Balaban J connectivity index is 1.92. The van der Waals surface area contributed by atoms with Crippen LogP contribution < -0.4 is 5.32 Å². The van der Waals surface area contributed by atoms with Gasteiger partial charge in [0.2, 0.25) is 5.91 Å². The Kier molecular flexibility index (Phi) is 4.88. The van der Waals surface area contributed by atoms with E-state index < -0.39 is 0 Å². The highest BCUT2D eigenvalue weighted by Crippen LogP contribution is 2.26. The van der Waals surface area contributed by atoms with Crippen LogP contribution in [0.15, 0.2) is 53.4 Å². The molecule has 0 atom stereocenters. The second-order valence-corrected chi connectivity index (χ2v) is 5.51. The van der Waals surface area contributed by atoms with Gasteiger partial charge in [-0.25, -0.2) is 0 Å². The van der Waals surface area contributed by atoms with Gasteiger partial charge < -0.3 is 5.32 Å². The van der Waals surface area contributed by atoms with Gasteiger partial charge in [0.05, 0.1) is 10.8 Å². The first-order valence-electron chi connectivity index (χ1n) is 5.89. The minimum Gasteiger partial charge on any atom is -0.325 e. The first-order valence-corrected chi connectivity index (χ1v) is 7.26. The number of aryl methyl sites for hydroxylation is 1. The van der Waals surface area contributed by atoms with Crippen LogP contribution >= 0.6 is 23.4 Å². The molecule has 2 aromatic rings. The van der Waals surface area contributed by atoms with Crippen LogP contribution in [0.2, 0.25) is 5.02 Å². The van der Waals surface area contributed by atoms with Crippen LogP contribution in [-0.2, 0) is 4.79 Å². The highest BCUT2D eigenvalue weighted by atomic mass is 35.5. The summed E-state index contributed by atoms with van der Waals surface area (Å²) >= 11 is 7.48. The Morgan fingerprint density at radius 3 is 2.58 bits per heavy atom. The van der Waals surface area contributed by atoms with Crippen LogP contribution in [0.1, 0.15) is 5.56 Å². The lowest BCUT2D eigenvalue weighted by Gasteiger charge is -2.08. The molecule has 0 heterocycles. The summed E-state index contributed by atoms with van der Waals surface area (Å²) < 4.78 is 0. The summed E-state index contributed by atoms with van der Waals surface area (Å²) in [7, 11) is 0. The van der Waals surface area contributed by atoms with Gasteiger partial charge in [-0.05, 0) is 30.7 Å². The summed E-state index contributed by atoms with van der Waals surface area (Å²) in [6.45, 7) is 1.97. The van der Waals surface area contributed by atoms with E-state index in [9.17, 15) is 4.79 Å². The summed E-state index contributed by atoms with van der Waals surface area (Å²) in [5, 5.41) is 3.57. The van der Waals surface area contributed by atoms with Crippen molar-refractivity contribution in [2.24, 2.45) is 0 Å². The Bertz CT molecular complexity index is 586. The molecular weight excluding hydrogens is 278 g/mol. The monoisotopic (exact) mass is 291 g/mol. The number of carbonyl (C=O) groups excluding carboxylic acids is 1. The van der Waals surface area contributed by atoms with E-state index in [0.29, 0.717) is 10.8 Å². The lowest BCUT2D eigenvalue weighted by molar-refractivity contribution is -0.113. The number of anilines is 1. The van der Waals surface area contributed by atoms with Gasteiger partial charge in [-0.2, -0.15) is 0 Å². The number of amides is 1. The SMILES string of the molecule is Cc1ccccc1NC(=O)CSc1ccccc1Cl. The van der Waals surface area contributed by atoms with Crippen LogP contribution in [0.4, 0.5) is 5.69 Å². The minimum atomic E-state index is -0.0285. The van der Waals surface area contributed by atoms with Gasteiger partial charge in [-0.15, -0.1) is 11.8 Å². The number of hydrogen-bond acceptors (Lipinski definition) is 2. The van der Waals surface area contributed by atoms with Crippen LogP contribution in [0, 0.1) is 6.92 Å². The van der Waals surface area contributed by atoms with Gasteiger partial charge >= 0.3 is 0 Å². The number of thioether (sulfide) groups is 1. The highest BCUT2D eigenvalue weighted by Gasteiger charge is 2.06. The fourth-order valence-electron chi connectivity index (χ4n) is 1.60. The number of benzene rings is 2. The fraction of sp³-hybridized carbons (Fsp3) is 0.133. The summed E-state index contributed by atoms with van der Waals surface area (Å²) in [4.78, 5) is 12.8. The fourth-order valence-corrected chi connectivity index (χ4v) is 2.64. The minimum absolute atomic E-state index is 0.0285. The second-order valence-electron chi connectivity index (χ2n) is 4.08. The summed E-state index contributed by atoms with van der Waals surface area (Å²) in [6, 6.07) is 15.2. The van der Waals surface area contributed by atoms with Crippen molar-refractivity contribution in [1.29, 1.82) is 0 Å². The molecule has 1 amide bonds. The predicted octanol–water partition coefficient (Wildman–Crippen LogP) is 4.38. The zero-order valence-electron chi connectivity index (χ0n) is 10.5. The third-order valence-electron chi connectivity index (χ3n) is 2.61. The molecule has 0 bridgehead atoms. The van der Waals surface area contributed by atoms with Gasteiger partial charge in [-0.3, -0.25) is 4.79 Å². The van der Waals surface area contributed by atoms with Gasteiger partial charge in [0.1, 0.15) is 0 Å². The van der Waals surface area contributed by atoms with Crippen molar-refractivity contribution in [3.63, 3.8) is 0 Å². The largest absolute Gasteiger partial charge is 0.325 e. The molecule has 0 spiro atoms. The molecule has 0 saturated carbocycles. The zero-order valence-corrected chi connectivity index (χ0v) is 12.1. The molecule has 1 N–H and O–H groups in total. The van der Waals surface area contributed by atoms with Crippen LogP contribution in [0.25, 0.3) is 0 Å². The lowest BCUT2D eigenvalue weighted by atomic mass is 10.2. The maximum absolute atomic E-state index is 11.9. The number of para-hydroxylation sites is 1. The van der Waals surface area contributed by atoms with E-state index >= 15 is 0 Å². The average molecular weight is 292 g/mol. The maximum Gasteiger partial charge on any atom is 0.234 e. The third-order valence-corrected chi connectivity index (χ3v) is 4.13. The Morgan fingerprint density at radius 2 is 1.84 bits per heavy atom. The smallest absolute Gasteiger partial charge is 0.234 e. The van der Waals surface area contributed by atoms with Crippen LogP contribution in [-0.4, -0.2) is 11.7 Å². The van der Waals surface area contributed by atoms with E-state index in [4.69, 9.17) is 11.6 Å². The molecule has 0 aliphatic carbocycles. The van der Waals surface area contributed by atoms with Crippen LogP contribution in [0.5, 0.6) is 0 Å². The Morgan fingerprint density at radius 1 is 1.16 bits per heavy atom. The van der Waals surface area contributed by atoms with Crippen molar-refractivity contribution in [2.45, 2.75) is 11.8 Å². The standard InChI is InChI=1S/C15H14ClNOS/c1-11-6-2-4-8-13(11)17-15(18)10-19-14-9-5-3-7-12(14)16/h2-9H,10H2,1H3,(H,17,18). The zero-order chi connectivity index (χ0) is 13.7. The average Bonchev–Trinajstić information content (AvgIpc) is 2.40. The molecule has 0 aromatic heterocycles. The van der Waals surface area contributed by atoms with Crippen LogP contribution in [0.3, 0.4) is 0 Å². The summed E-state index contributed by atoms with van der Waals surface area (Å²) in [5.41, 5.74) is 1.91. The van der Waals surface area contributed by atoms with Crippen molar-refractivity contribution >= 4 is 35.0 Å². The third kappa shape index (κ3) is 4.01. The number of nitrogens with one attached hydrogen (secondary N) is 1. The molecule has 98 valence electrons. The van der Waals surface area contributed by atoms with E-state index in [2.05, 4.69) is 5.32 Å². The molecule has 2 aromatic carbocycles. The van der Waals surface area contributed by atoms with E-state index in [0.717, 1.165) is 16.1 Å². The van der Waals surface area contributed by atoms with Gasteiger partial charge in [0.15, 0.2) is 0 Å². The van der Waals surface area contributed by atoms with Crippen molar-refractivity contribution in [3.8, 4) is 0 Å². The first kappa shape index (κ1) is 14.0. The van der Waals surface area contributed by atoms with E-state index in [-0.39, 0.29) is 5.91 Å². The first-order chi connectivity index (χ1) is 9.16. The van der Waals surface area contributed by atoms with Gasteiger partial charge in [0.25, 0.3) is 0 Å². The number of rotatable bonds is 4. The molecule has 0 aliphatic rings. The van der Waals surface area contributed by atoms with E-state index in [1.807, 2.05) is 55.5 Å². The normalized spacial score (nSPS) is 10.2. The number of carbonyl (C=O) groups is 1. The quantitative estimate of drug-likeness (QED) is 0.847.